The molecule has 1 heterocycles. The smallest absolute Gasteiger partial charge is 0.253 e. The van der Waals surface area contributed by atoms with E-state index < -0.39 is 10.0 Å². The number of carbonyl (C=O) groups is 1. The Kier molecular flexibility index (Phi) is 5.69. The topological polar surface area (TPSA) is 57.7 Å². The summed E-state index contributed by atoms with van der Waals surface area (Å²) in [4.78, 5) is 15.3. The fourth-order valence-electron chi connectivity index (χ4n) is 4.62. The Morgan fingerprint density at radius 2 is 1.93 bits per heavy atom. The molecule has 1 spiro atoms. The Morgan fingerprint density at radius 1 is 1.26 bits per heavy atom. The molecule has 0 bridgehead atoms. The van der Waals surface area contributed by atoms with Crippen molar-refractivity contribution in [3.63, 3.8) is 0 Å². The van der Waals surface area contributed by atoms with Crippen LogP contribution in [-0.2, 0) is 10.0 Å². The normalized spacial score (nSPS) is 22.1. The molecule has 6 heteroatoms. The van der Waals surface area contributed by atoms with Crippen LogP contribution in [0.25, 0.3) is 0 Å². The summed E-state index contributed by atoms with van der Waals surface area (Å²) in [5, 5.41) is 0. The van der Waals surface area contributed by atoms with Gasteiger partial charge in [-0.1, -0.05) is 33.3 Å². The Labute approximate surface area is 163 Å². The highest BCUT2D eigenvalue weighted by Crippen LogP contribution is 2.51. The molecule has 3 rings (SSSR count). The van der Waals surface area contributed by atoms with E-state index in [-0.39, 0.29) is 16.2 Å². The molecule has 2 fully saturated rings. The zero-order valence-corrected chi connectivity index (χ0v) is 17.8. The van der Waals surface area contributed by atoms with Crippen LogP contribution in [-0.4, -0.2) is 49.7 Å². The fourth-order valence-corrected chi connectivity index (χ4v) is 6.33. The van der Waals surface area contributed by atoms with Gasteiger partial charge in [-0.15, -0.1) is 0 Å². The first-order valence-electron chi connectivity index (χ1n) is 10.1. The van der Waals surface area contributed by atoms with Crippen molar-refractivity contribution in [2.75, 3.05) is 26.2 Å². The van der Waals surface area contributed by atoms with Gasteiger partial charge in [-0.05, 0) is 55.2 Å². The molecule has 0 N–H and O–H groups in total. The van der Waals surface area contributed by atoms with Crippen molar-refractivity contribution < 1.29 is 13.2 Å². The summed E-state index contributed by atoms with van der Waals surface area (Å²) in [5.41, 5.74) is 1.45. The predicted molar refractivity (Wildman–Crippen MR) is 107 cm³/mol. The monoisotopic (exact) mass is 392 g/mol. The molecular weight excluding hydrogens is 360 g/mol. The van der Waals surface area contributed by atoms with Gasteiger partial charge in [0.2, 0.25) is 10.0 Å². The standard InChI is InChI=1S/C21H32N2O3S/c1-5-23(6-2)27(25,26)19-14-18(9-8-16(19)3)20(24)22-13-10-17(4)21(15-22)11-7-12-21/h8-9,14,17H,5-7,10-13,15H2,1-4H3. The minimum Gasteiger partial charge on any atom is -0.338 e. The molecule has 0 aromatic heterocycles. The number of piperidine rings is 1. The molecular formula is C21H32N2O3S. The van der Waals surface area contributed by atoms with Gasteiger partial charge in [0.15, 0.2) is 0 Å². The predicted octanol–water partition coefficient (Wildman–Crippen LogP) is 3.68. The number of benzene rings is 1. The lowest BCUT2D eigenvalue weighted by molar-refractivity contribution is -0.0208. The second-order valence-electron chi connectivity index (χ2n) is 8.20. The number of rotatable bonds is 5. The van der Waals surface area contributed by atoms with Crippen LogP contribution in [0, 0.1) is 18.3 Å². The average Bonchev–Trinajstić information content (AvgIpc) is 2.61. The van der Waals surface area contributed by atoms with E-state index in [1.165, 1.54) is 23.6 Å². The molecule has 1 amide bonds. The fraction of sp³-hybridized carbons (Fsp3) is 0.667. The molecule has 1 saturated heterocycles. The summed E-state index contributed by atoms with van der Waals surface area (Å²) in [6.45, 7) is 10.2. The highest BCUT2D eigenvalue weighted by molar-refractivity contribution is 7.89. The van der Waals surface area contributed by atoms with Crippen molar-refractivity contribution in [2.45, 2.75) is 58.3 Å². The summed E-state index contributed by atoms with van der Waals surface area (Å²) < 4.78 is 27.4. The van der Waals surface area contributed by atoms with E-state index in [9.17, 15) is 13.2 Å². The van der Waals surface area contributed by atoms with Gasteiger partial charge in [-0.2, -0.15) is 4.31 Å². The second kappa shape index (κ2) is 7.55. The van der Waals surface area contributed by atoms with E-state index in [0.29, 0.717) is 30.1 Å². The van der Waals surface area contributed by atoms with E-state index in [2.05, 4.69) is 6.92 Å². The quantitative estimate of drug-likeness (QED) is 0.768. The lowest BCUT2D eigenvalue weighted by atomic mass is 9.59. The van der Waals surface area contributed by atoms with Gasteiger partial charge in [0.25, 0.3) is 5.91 Å². The first kappa shape index (κ1) is 20.3. The third-order valence-corrected chi connectivity index (χ3v) is 8.97. The summed E-state index contributed by atoms with van der Waals surface area (Å²) in [6.07, 6.45) is 4.69. The first-order valence-corrected chi connectivity index (χ1v) is 11.6. The Balaban J connectivity index is 1.88. The molecule has 0 radical (unpaired) electrons. The third kappa shape index (κ3) is 3.54. The van der Waals surface area contributed by atoms with Crippen LogP contribution in [0.2, 0.25) is 0 Å². The van der Waals surface area contributed by atoms with Crippen LogP contribution < -0.4 is 0 Å². The van der Waals surface area contributed by atoms with Crippen molar-refractivity contribution in [3.8, 4) is 0 Å². The number of hydrogen-bond donors (Lipinski definition) is 0. The number of amides is 1. The van der Waals surface area contributed by atoms with Gasteiger partial charge in [-0.3, -0.25) is 4.79 Å². The number of hydrogen-bond acceptors (Lipinski definition) is 3. The minimum atomic E-state index is -3.58. The zero-order chi connectivity index (χ0) is 19.8. The van der Waals surface area contributed by atoms with E-state index in [1.807, 2.05) is 18.7 Å². The Morgan fingerprint density at radius 3 is 2.48 bits per heavy atom. The van der Waals surface area contributed by atoms with E-state index in [0.717, 1.165) is 19.5 Å². The van der Waals surface area contributed by atoms with Crippen LogP contribution in [0.4, 0.5) is 0 Å². The van der Waals surface area contributed by atoms with E-state index in [1.54, 1.807) is 25.1 Å². The maximum Gasteiger partial charge on any atom is 0.253 e. The van der Waals surface area contributed by atoms with Gasteiger partial charge in [0.1, 0.15) is 0 Å². The molecule has 1 aromatic rings. The van der Waals surface area contributed by atoms with Crippen LogP contribution >= 0.6 is 0 Å². The van der Waals surface area contributed by atoms with Crippen LogP contribution in [0.15, 0.2) is 23.1 Å². The van der Waals surface area contributed by atoms with Gasteiger partial charge in [-0.25, -0.2) is 8.42 Å². The van der Waals surface area contributed by atoms with Crippen molar-refractivity contribution in [3.05, 3.63) is 29.3 Å². The molecule has 1 aromatic carbocycles. The van der Waals surface area contributed by atoms with Crippen LogP contribution in [0.3, 0.4) is 0 Å². The largest absolute Gasteiger partial charge is 0.338 e. The summed E-state index contributed by atoms with van der Waals surface area (Å²) >= 11 is 0. The maximum atomic E-state index is 13.2. The Bertz CT molecular complexity index is 811. The van der Waals surface area contributed by atoms with Crippen molar-refractivity contribution in [1.82, 2.24) is 9.21 Å². The van der Waals surface area contributed by atoms with Gasteiger partial charge in [0, 0.05) is 31.7 Å². The summed E-state index contributed by atoms with van der Waals surface area (Å²) in [5.74, 6) is 0.621. The molecule has 1 unspecified atom stereocenters. The molecule has 1 atom stereocenters. The van der Waals surface area contributed by atoms with Gasteiger partial charge >= 0.3 is 0 Å². The number of aryl methyl sites for hydroxylation is 1. The number of carbonyl (C=O) groups excluding carboxylic acids is 1. The van der Waals surface area contributed by atoms with E-state index >= 15 is 0 Å². The highest BCUT2D eigenvalue weighted by Gasteiger charge is 2.46. The molecule has 2 aliphatic rings. The van der Waals surface area contributed by atoms with Gasteiger partial charge in [0.05, 0.1) is 4.90 Å². The molecule has 150 valence electrons. The number of sulfonamides is 1. The van der Waals surface area contributed by atoms with Crippen LogP contribution in [0.1, 0.15) is 62.4 Å². The van der Waals surface area contributed by atoms with Crippen molar-refractivity contribution in [1.29, 1.82) is 0 Å². The summed E-state index contributed by atoms with van der Waals surface area (Å²) in [7, 11) is -3.58. The SMILES string of the molecule is CCN(CC)S(=O)(=O)c1cc(C(=O)N2CCC(C)C3(CCC3)C2)ccc1C. The number of likely N-dealkylation sites (tertiary alicyclic amines) is 1. The minimum absolute atomic E-state index is 0.0378. The molecule has 5 nitrogen and oxygen atoms in total. The second-order valence-corrected chi connectivity index (χ2v) is 10.1. The highest BCUT2D eigenvalue weighted by atomic mass is 32.2. The van der Waals surface area contributed by atoms with Crippen molar-refractivity contribution in [2.24, 2.45) is 11.3 Å². The lowest BCUT2D eigenvalue weighted by Gasteiger charge is -2.53. The van der Waals surface area contributed by atoms with Crippen molar-refractivity contribution >= 4 is 15.9 Å². The molecule has 1 saturated carbocycles. The number of nitrogens with zero attached hydrogens (tertiary/aromatic N) is 2. The van der Waals surface area contributed by atoms with Gasteiger partial charge < -0.3 is 4.90 Å². The maximum absolute atomic E-state index is 13.2. The summed E-state index contributed by atoms with van der Waals surface area (Å²) in [6, 6.07) is 5.11. The van der Waals surface area contributed by atoms with Crippen LogP contribution in [0.5, 0.6) is 0 Å². The first-order chi connectivity index (χ1) is 12.7. The zero-order valence-electron chi connectivity index (χ0n) is 17.0. The average molecular weight is 393 g/mol. The molecule has 27 heavy (non-hydrogen) atoms. The lowest BCUT2D eigenvalue weighted by Crippen LogP contribution is -2.53. The Hall–Kier alpha value is -1.40. The molecule has 1 aliphatic heterocycles. The van der Waals surface area contributed by atoms with E-state index in [4.69, 9.17) is 0 Å². The third-order valence-electron chi connectivity index (χ3n) is 6.78. The molecule has 1 aliphatic carbocycles.